The summed E-state index contributed by atoms with van der Waals surface area (Å²) in [4.78, 5) is 25.0. The maximum atomic E-state index is 12.7. The number of hydrogen-bond acceptors (Lipinski definition) is 4. The van der Waals surface area contributed by atoms with Crippen molar-refractivity contribution in [3.05, 3.63) is 45.5 Å². The molecule has 0 unspecified atom stereocenters. The number of hydrogen-bond donors (Lipinski definition) is 1. The molecule has 2 aliphatic rings. The standard InChI is InChI=1S/C18H23N3O3/c1-2-3-12-20-17(15-6-4-5-7-16(15)18(20)22)19-13-8-10-14(11-9-13)21(23)24/h8-11,17,19H,2-7,12H2,1H3/t17-/m1/s1. The van der Waals surface area contributed by atoms with Gasteiger partial charge in [0.1, 0.15) is 6.17 Å². The Hall–Kier alpha value is -2.37. The normalized spacial score (nSPS) is 20.3. The molecule has 0 radical (unpaired) electrons. The van der Waals surface area contributed by atoms with E-state index in [9.17, 15) is 14.9 Å². The number of non-ortho nitro benzene ring substituents is 1. The minimum Gasteiger partial charge on any atom is -0.362 e. The van der Waals surface area contributed by atoms with Crippen LogP contribution in [0.1, 0.15) is 45.4 Å². The van der Waals surface area contributed by atoms with Crippen LogP contribution in [0.2, 0.25) is 0 Å². The molecule has 1 amide bonds. The van der Waals surface area contributed by atoms with Crippen LogP contribution < -0.4 is 5.32 Å². The molecule has 24 heavy (non-hydrogen) atoms. The van der Waals surface area contributed by atoms with Crippen LogP contribution in [-0.2, 0) is 4.79 Å². The molecular formula is C18H23N3O3. The van der Waals surface area contributed by atoms with Crippen molar-refractivity contribution in [3.63, 3.8) is 0 Å². The van der Waals surface area contributed by atoms with Crippen LogP contribution in [0.4, 0.5) is 11.4 Å². The maximum Gasteiger partial charge on any atom is 0.269 e. The minimum absolute atomic E-state index is 0.0726. The van der Waals surface area contributed by atoms with E-state index in [1.165, 1.54) is 17.7 Å². The predicted octanol–water partition coefficient (Wildman–Crippen LogP) is 3.85. The summed E-state index contributed by atoms with van der Waals surface area (Å²) in [6, 6.07) is 6.40. The number of benzene rings is 1. The fourth-order valence-electron chi connectivity index (χ4n) is 3.51. The molecule has 0 saturated heterocycles. The van der Waals surface area contributed by atoms with Gasteiger partial charge < -0.3 is 10.2 Å². The number of nitrogens with zero attached hydrogens (tertiary/aromatic N) is 2. The lowest BCUT2D eigenvalue weighted by molar-refractivity contribution is -0.384. The zero-order valence-electron chi connectivity index (χ0n) is 14.0. The van der Waals surface area contributed by atoms with E-state index in [-0.39, 0.29) is 17.8 Å². The van der Waals surface area contributed by atoms with E-state index < -0.39 is 4.92 Å². The molecule has 1 heterocycles. The third-order valence-corrected chi connectivity index (χ3v) is 4.81. The Kier molecular flexibility index (Phi) is 4.83. The molecule has 6 nitrogen and oxygen atoms in total. The first kappa shape index (κ1) is 16.5. The van der Waals surface area contributed by atoms with Crippen LogP contribution in [0.3, 0.4) is 0 Å². The molecule has 0 saturated carbocycles. The Morgan fingerprint density at radius 3 is 2.62 bits per heavy atom. The van der Waals surface area contributed by atoms with Gasteiger partial charge in [-0.1, -0.05) is 13.3 Å². The van der Waals surface area contributed by atoms with E-state index in [2.05, 4.69) is 12.2 Å². The van der Waals surface area contributed by atoms with Crippen molar-refractivity contribution in [2.45, 2.75) is 51.6 Å². The molecule has 1 N–H and O–H groups in total. The fourth-order valence-corrected chi connectivity index (χ4v) is 3.51. The first-order valence-electron chi connectivity index (χ1n) is 8.65. The van der Waals surface area contributed by atoms with E-state index in [0.717, 1.165) is 56.3 Å². The zero-order chi connectivity index (χ0) is 17.1. The van der Waals surface area contributed by atoms with E-state index in [1.54, 1.807) is 12.1 Å². The highest BCUT2D eigenvalue weighted by molar-refractivity contribution is 5.98. The molecule has 1 aliphatic heterocycles. The molecule has 0 bridgehead atoms. The van der Waals surface area contributed by atoms with E-state index in [4.69, 9.17) is 0 Å². The fraction of sp³-hybridized carbons (Fsp3) is 0.500. The third kappa shape index (κ3) is 3.13. The van der Waals surface area contributed by atoms with Gasteiger partial charge in [-0.3, -0.25) is 14.9 Å². The van der Waals surface area contributed by atoms with Gasteiger partial charge in [0.05, 0.1) is 4.92 Å². The maximum absolute atomic E-state index is 12.7. The van der Waals surface area contributed by atoms with Crippen molar-refractivity contribution >= 4 is 17.3 Å². The summed E-state index contributed by atoms with van der Waals surface area (Å²) in [7, 11) is 0. The van der Waals surface area contributed by atoms with Gasteiger partial charge in [-0.05, 0) is 49.8 Å². The summed E-state index contributed by atoms with van der Waals surface area (Å²) < 4.78 is 0. The van der Waals surface area contributed by atoms with Crippen molar-refractivity contribution < 1.29 is 9.72 Å². The molecule has 0 spiro atoms. The summed E-state index contributed by atoms with van der Waals surface area (Å²) in [6.45, 7) is 2.86. The van der Waals surface area contributed by atoms with Gasteiger partial charge in [-0.2, -0.15) is 0 Å². The molecule has 1 aromatic carbocycles. The highest BCUT2D eigenvalue weighted by Crippen LogP contribution is 2.37. The average molecular weight is 329 g/mol. The van der Waals surface area contributed by atoms with E-state index >= 15 is 0 Å². The lowest BCUT2D eigenvalue weighted by atomic mass is 9.92. The summed E-state index contributed by atoms with van der Waals surface area (Å²) in [6.07, 6.45) is 5.93. The van der Waals surface area contributed by atoms with Crippen LogP contribution in [-0.4, -0.2) is 28.4 Å². The molecule has 1 atom stereocenters. The monoisotopic (exact) mass is 329 g/mol. The summed E-state index contributed by atoms with van der Waals surface area (Å²) in [5, 5.41) is 14.2. The van der Waals surface area contributed by atoms with Gasteiger partial charge in [0.15, 0.2) is 0 Å². The van der Waals surface area contributed by atoms with Gasteiger partial charge in [-0.25, -0.2) is 0 Å². The average Bonchev–Trinajstić information content (AvgIpc) is 2.86. The van der Waals surface area contributed by atoms with Crippen LogP contribution in [0.25, 0.3) is 0 Å². The topological polar surface area (TPSA) is 75.5 Å². The van der Waals surface area contributed by atoms with Gasteiger partial charge >= 0.3 is 0 Å². The predicted molar refractivity (Wildman–Crippen MR) is 92.6 cm³/mol. The number of anilines is 1. The number of amides is 1. The van der Waals surface area contributed by atoms with E-state index in [0.29, 0.717) is 0 Å². The number of unbranched alkanes of at least 4 members (excludes halogenated alkanes) is 1. The SMILES string of the molecule is CCCCN1C(=O)C2=C(CCCC2)[C@@H]1Nc1ccc([N+](=O)[O-])cc1. The van der Waals surface area contributed by atoms with Crippen LogP contribution in [0, 0.1) is 10.1 Å². The van der Waals surface area contributed by atoms with Gasteiger partial charge in [0, 0.05) is 29.9 Å². The van der Waals surface area contributed by atoms with Crippen molar-refractivity contribution in [2.75, 3.05) is 11.9 Å². The van der Waals surface area contributed by atoms with Crippen LogP contribution in [0.15, 0.2) is 35.4 Å². The summed E-state index contributed by atoms with van der Waals surface area (Å²) in [5.41, 5.74) is 3.07. The minimum atomic E-state index is -0.405. The quantitative estimate of drug-likeness (QED) is 0.635. The number of nitrogens with one attached hydrogen (secondary N) is 1. The molecule has 6 heteroatoms. The summed E-state index contributed by atoms with van der Waals surface area (Å²) in [5.74, 6) is 0.164. The Morgan fingerprint density at radius 1 is 1.25 bits per heavy atom. The smallest absolute Gasteiger partial charge is 0.269 e. The first-order chi connectivity index (χ1) is 11.6. The Bertz CT molecular complexity index is 667. The van der Waals surface area contributed by atoms with Crippen molar-refractivity contribution in [1.82, 2.24) is 4.90 Å². The second-order valence-corrected chi connectivity index (χ2v) is 6.41. The Labute approximate surface area is 141 Å². The Morgan fingerprint density at radius 2 is 1.96 bits per heavy atom. The summed E-state index contributed by atoms with van der Waals surface area (Å²) >= 11 is 0. The zero-order valence-corrected chi connectivity index (χ0v) is 14.0. The second kappa shape index (κ2) is 7.03. The molecule has 0 aromatic heterocycles. The highest BCUT2D eigenvalue weighted by atomic mass is 16.6. The lowest BCUT2D eigenvalue weighted by Gasteiger charge is -2.29. The molecule has 0 fully saturated rings. The molecule has 1 aromatic rings. The number of carbonyl (C=O) groups is 1. The first-order valence-corrected chi connectivity index (χ1v) is 8.65. The lowest BCUT2D eigenvalue weighted by Crippen LogP contribution is -2.41. The van der Waals surface area contributed by atoms with Gasteiger partial charge in [-0.15, -0.1) is 0 Å². The van der Waals surface area contributed by atoms with Gasteiger partial charge in [0.2, 0.25) is 0 Å². The highest BCUT2D eigenvalue weighted by Gasteiger charge is 2.39. The van der Waals surface area contributed by atoms with Crippen LogP contribution >= 0.6 is 0 Å². The second-order valence-electron chi connectivity index (χ2n) is 6.41. The van der Waals surface area contributed by atoms with E-state index in [1.807, 2.05) is 4.90 Å². The number of nitro groups is 1. The number of nitro benzene ring substituents is 1. The Balaban J connectivity index is 1.82. The molecular weight excluding hydrogens is 306 g/mol. The van der Waals surface area contributed by atoms with Crippen molar-refractivity contribution in [3.8, 4) is 0 Å². The van der Waals surface area contributed by atoms with Crippen molar-refractivity contribution in [2.24, 2.45) is 0 Å². The van der Waals surface area contributed by atoms with Gasteiger partial charge in [0.25, 0.3) is 11.6 Å². The largest absolute Gasteiger partial charge is 0.362 e. The molecule has 1 aliphatic carbocycles. The number of carbonyl (C=O) groups excluding carboxylic acids is 1. The third-order valence-electron chi connectivity index (χ3n) is 4.81. The number of rotatable bonds is 6. The molecule has 128 valence electrons. The molecule has 3 rings (SSSR count). The van der Waals surface area contributed by atoms with Crippen LogP contribution in [0.5, 0.6) is 0 Å². The van der Waals surface area contributed by atoms with Crippen molar-refractivity contribution in [1.29, 1.82) is 0 Å².